The lowest BCUT2D eigenvalue weighted by atomic mass is 9.67. The number of benzene rings is 1. The Labute approximate surface area is 137 Å². The predicted octanol–water partition coefficient (Wildman–Crippen LogP) is 2.34. The van der Waals surface area contributed by atoms with Crippen LogP contribution in [0.2, 0.25) is 0 Å². The fraction of sp³-hybridized carbons (Fsp3) is 0.611. The van der Waals surface area contributed by atoms with Crippen molar-refractivity contribution in [3.8, 4) is 11.5 Å². The molecule has 0 saturated heterocycles. The summed E-state index contributed by atoms with van der Waals surface area (Å²) in [7, 11) is 3.17. The van der Waals surface area contributed by atoms with Crippen LogP contribution in [0.15, 0.2) is 18.2 Å². The maximum Gasteiger partial charge on any atom is 0.251 e. The lowest BCUT2D eigenvalue weighted by Gasteiger charge is -2.45. The Hall–Kier alpha value is -1.75. The monoisotopic (exact) mass is 318 g/mol. The van der Waals surface area contributed by atoms with E-state index in [4.69, 9.17) is 15.2 Å². The summed E-state index contributed by atoms with van der Waals surface area (Å²) in [5.41, 5.74) is 6.74. The van der Waals surface area contributed by atoms with Gasteiger partial charge in [0.05, 0.1) is 14.2 Å². The number of nitrogens with two attached hydrogens (primary N) is 1. The summed E-state index contributed by atoms with van der Waals surface area (Å²) >= 11 is 0. The van der Waals surface area contributed by atoms with Crippen molar-refractivity contribution in [1.82, 2.24) is 5.32 Å². The highest BCUT2D eigenvalue weighted by molar-refractivity contribution is 5.95. The third kappa shape index (κ3) is 3.44. The minimum Gasteiger partial charge on any atom is -0.497 e. The van der Waals surface area contributed by atoms with E-state index in [0.717, 1.165) is 25.7 Å². The Morgan fingerprint density at radius 2 is 1.65 bits per heavy atom. The Balaban J connectivity index is 1.76. The second-order valence-corrected chi connectivity index (χ2v) is 6.78. The minimum atomic E-state index is -0.0560. The molecule has 5 nitrogen and oxygen atoms in total. The van der Waals surface area contributed by atoms with Gasteiger partial charge < -0.3 is 20.5 Å². The molecule has 2 saturated carbocycles. The van der Waals surface area contributed by atoms with Gasteiger partial charge in [0.2, 0.25) is 0 Å². The highest BCUT2D eigenvalue weighted by Crippen LogP contribution is 2.39. The lowest BCUT2D eigenvalue weighted by Crippen LogP contribution is -2.53. The van der Waals surface area contributed by atoms with Gasteiger partial charge >= 0.3 is 0 Å². The lowest BCUT2D eigenvalue weighted by molar-refractivity contribution is 0.0755. The molecule has 5 heteroatoms. The number of carbonyl (C=O) groups is 1. The van der Waals surface area contributed by atoms with E-state index in [2.05, 4.69) is 5.32 Å². The number of carbonyl (C=O) groups excluding carboxylic acids is 1. The number of fused-ring (bicyclic) bond motifs is 2. The van der Waals surface area contributed by atoms with Gasteiger partial charge in [-0.1, -0.05) is 6.42 Å². The van der Waals surface area contributed by atoms with E-state index < -0.39 is 0 Å². The van der Waals surface area contributed by atoms with Gasteiger partial charge in [-0.05, 0) is 49.7 Å². The van der Waals surface area contributed by atoms with Crippen molar-refractivity contribution in [2.75, 3.05) is 14.2 Å². The molecular weight excluding hydrogens is 292 g/mol. The Bertz CT molecular complexity index is 539. The van der Waals surface area contributed by atoms with Crippen molar-refractivity contribution in [3.05, 3.63) is 23.8 Å². The largest absolute Gasteiger partial charge is 0.497 e. The van der Waals surface area contributed by atoms with E-state index in [1.165, 1.54) is 6.42 Å². The molecule has 2 fully saturated rings. The molecule has 0 spiro atoms. The molecule has 1 aromatic rings. The van der Waals surface area contributed by atoms with E-state index in [1.54, 1.807) is 32.4 Å². The van der Waals surface area contributed by atoms with E-state index in [1.807, 2.05) is 0 Å². The number of methoxy groups -OCH3 is 2. The first-order valence-electron chi connectivity index (χ1n) is 8.40. The van der Waals surface area contributed by atoms with Crippen LogP contribution >= 0.6 is 0 Å². The predicted molar refractivity (Wildman–Crippen MR) is 88.8 cm³/mol. The van der Waals surface area contributed by atoms with Gasteiger partial charge in [-0.3, -0.25) is 4.79 Å². The molecule has 0 aromatic heterocycles. The van der Waals surface area contributed by atoms with Gasteiger partial charge in [0.1, 0.15) is 11.5 Å². The second kappa shape index (κ2) is 6.79. The van der Waals surface area contributed by atoms with Crippen molar-refractivity contribution in [1.29, 1.82) is 0 Å². The smallest absolute Gasteiger partial charge is 0.251 e. The van der Waals surface area contributed by atoms with E-state index in [9.17, 15) is 4.79 Å². The van der Waals surface area contributed by atoms with E-state index in [0.29, 0.717) is 28.9 Å². The van der Waals surface area contributed by atoms with Crippen molar-refractivity contribution in [2.24, 2.45) is 17.6 Å². The molecule has 1 amide bonds. The summed E-state index contributed by atoms with van der Waals surface area (Å²) in [4.78, 5) is 12.7. The van der Waals surface area contributed by atoms with Crippen LogP contribution in [0.25, 0.3) is 0 Å². The molecule has 23 heavy (non-hydrogen) atoms. The molecule has 2 unspecified atom stereocenters. The van der Waals surface area contributed by atoms with Crippen LogP contribution in [0.5, 0.6) is 11.5 Å². The molecule has 3 rings (SSSR count). The SMILES string of the molecule is COc1cc(OC)cc(C(=O)NC2C3CCCC2CC(N)C3)c1. The molecule has 3 N–H and O–H groups in total. The summed E-state index contributed by atoms with van der Waals surface area (Å²) in [5.74, 6) is 2.21. The molecule has 2 aliphatic carbocycles. The maximum absolute atomic E-state index is 12.7. The fourth-order valence-corrected chi connectivity index (χ4v) is 4.20. The molecule has 2 atom stereocenters. The van der Waals surface area contributed by atoms with Gasteiger partial charge in [0, 0.05) is 23.7 Å². The van der Waals surface area contributed by atoms with Crippen molar-refractivity contribution < 1.29 is 14.3 Å². The average Bonchev–Trinajstić information content (AvgIpc) is 2.55. The van der Waals surface area contributed by atoms with Crippen LogP contribution in [0.1, 0.15) is 42.5 Å². The van der Waals surface area contributed by atoms with Gasteiger partial charge in [-0.25, -0.2) is 0 Å². The summed E-state index contributed by atoms with van der Waals surface area (Å²) in [6.07, 6.45) is 5.61. The zero-order chi connectivity index (χ0) is 16.4. The molecule has 2 aliphatic rings. The van der Waals surface area contributed by atoms with Crippen LogP contribution in [-0.2, 0) is 0 Å². The van der Waals surface area contributed by atoms with Crippen molar-refractivity contribution in [3.63, 3.8) is 0 Å². The molecule has 0 aliphatic heterocycles. The van der Waals surface area contributed by atoms with Gasteiger partial charge in [-0.15, -0.1) is 0 Å². The topological polar surface area (TPSA) is 73.6 Å². The zero-order valence-electron chi connectivity index (χ0n) is 13.9. The van der Waals surface area contributed by atoms with Crippen LogP contribution in [-0.4, -0.2) is 32.2 Å². The maximum atomic E-state index is 12.7. The van der Waals surface area contributed by atoms with Gasteiger partial charge in [-0.2, -0.15) is 0 Å². The third-order valence-electron chi connectivity index (χ3n) is 5.29. The zero-order valence-corrected chi connectivity index (χ0v) is 13.9. The standard InChI is InChI=1S/C18H26N2O3/c1-22-15-8-13(9-16(10-15)23-2)18(21)20-17-11-4-3-5-12(17)7-14(19)6-11/h8-12,14,17H,3-7,19H2,1-2H3,(H,20,21). The van der Waals surface area contributed by atoms with Crippen molar-refractivity contribution >= 4 is 5.91 Å². The first-order chi connectivity index (χ1) is 11.1. The van der Waals surface area contributed by atoms with Crippen molar-refractivity contribution in [2.45, 2.75) is 44.2 Å². The Morgan fingerprint density at radius 1 is 1.09 bits per heavy atom. The molecule has 126 valence electrons. The second-order valence-electron chi connectivity index (χ2n) is 6.78. The summed E-state index contributed by atoms with van der Waals surface area (Å²) in [6, 6.07) is 5.80. The van der Waals surface area contributed by atoms with Crippen LogP contribution in [0, 0.1) is 11.8 Å². The normalized spacial score (nSPS) is 29.7. The summed E-state index contributed by atoms with van der Waals surface area (Å²) in [6.45, 7) is 0. The van der Waals surface area contributed by atoms with Crippen LogP contribution < -0.4 is 20.5 Å². The Morgan fingerprint density at radius 3 is 2.17 bits per heavy atom. The number of nitrogens with one attached hydrogen (secondary N) is 1. The average molecular weight is 318 g/mol. The third-order valence-corrected chi connectivity index (χ3v) is 5.29. The van der Waals surface area contributed by atoms with E-state index >= 15 is 0 Å². The molecule has 0 radical (unpaired) electrons. The van der Waals surface area contributed by atoms with Gasteiger partial charge in [0.25, 0.3) is 5.91 Å². The van der Waals surface area contributed by atoms with Crippen LogP contribution in [0.3, 0.4) is 0 Å². The number of hydrogen-bond donors (Lipinski definition) is 2. The molecule has 0 heterocycles. The Kier molecular flexibility index (Phi) is 4.76. The highest BCUT2D eigenvalue weighted by atomic mass is 16.5. The minimum absolute atomic E-state index is 0.0560. The number of ether oxygens (including phenoxy) is 2. The first kappa shape index (κ1) is 16.1. The number of hydrogen-bond acceptors (Lipinski definition) is 4. The number of amides is 1. The first-order valence-corrected chi connectivity index (χ1v) is 8.40. The summed E-state index contributed by atoms with van der Waals surface area (Å²) < 4.78 is 10.5. The van der Waals surface area contributed by atoms with Crippen LogP contribution in [0.4, 0.5) is 0 Å². The highest BCUT2D eigenvalue weighted by Gasteiger charge is 2.40. The quantitative estimate of drug-likeness (QED) is 0.893. The number of rotatable bonds is 4. The molecule has 2 bridgehead atoms. The van der Waals surface area contributed by atoms with E-state index in [-0.39, 0.29) is 18.0 Å². The summed E-state index contributed by atoms with van der Waals surface area (Å²) in [5, 5.41) is 3.25. The molecular formula is C18H26N2O3. The molecule has 1 aromatic carbocycles. The van der Waals surface area contributed by atoms with Gasteiger partial charge in [0.15, 0.2) is 0 Å². The fourth-order valence-electron chi connectivity index (χ4n) is 4.20.